The number of anilines is 2. The SMILES string of the molecule is COc1cc(N(C2CC2)C2CCN(c3nc4cnccc4c(=O)n3C)CC2)ncn1. The lowest BCUT2D eigenvalue weighted by Gasteiger charge is -2.40. The topological polar surface area (TPSA) is 89.3 Å². The molecule has 2 aliphatic rings. The summed E-state index contributed by atoms with van der Waals surface area (Å²) in [6, 6.07) is 4.58. The van der Waals surface area contributed by atoms with Crippen LogP contribution >= 0.6 is 0 Å². The van der Waals surface area contributed by atoms with Gasteiger partial charge in [0.1, 0.15) is 12.1 Å². The standard InChI is InChI=1S/C21H25N7O2/c1-26-20(29)16-5-8-22-12-17(16)25-21(26)27-9-6-15(7-10-27)28(14-3-4-14)18-11-19(30-2)24-13-23-18/h5,8,11-15H,3-4,6-7,9-10H2,1-2H3. The smallest absolute Gasteiger partial charge is 0.262 e. The van der Waals surface area contributed by atoms with Gasteiger partial charge in [-0.3, -0.25) is 14.3 Å². The highest BCUT2D eigenvalue weighted by molar-refractivity contribution is 5.77. The third kappa shape index (κ3) is 3.34. The highest BCUT2D eigenvalue weighted by Crippen LogP contribution is 2.36. The summed E-state index contributed by atoms with van der Waals surface area (Å²) in [7, 11) is 3.42. The summed E-state index contributed by atoms with van der Waals surface area (Å²) in [5, 5.41) is 0.601. The highest BCUT2D eigenvalue weighted by Gasteiger charge is 2.37. The summed E-state index contributed by atoms with van der Waals surface area (Å²) >= 11 is 0. The first-order chi connectivity index (χ1) is 14.7. The number of piperidine rings is 1. The van der Waals surface area contributed by atoms with Crippen LogP contribution in [0.3, 0.4) is 0 Å². The molecule has 0 amide bonds. The first kappa shape index (κ1) is 18.8. The van der Waals surface area contributed by atoms with E-state index in [9.17, 15) is 4.79 Å². The summed E-state index contributed by atoms with van der Waals surface area (Å²) in [5.74, 6) is 2.23. The van der Waals surface area contributed by atoms with Gasteiger partial charge in [-0.1, -0.05) is 0 Å². The van der Waals surface area contributed by atoms with Crippen LogP contribution in [0.15, 0.2) is 35.6 Å². The van der Waals surface area contributed by atoms with Crippen molar-refractivity contribution in [2.75, 3.05) is 30.0 Å². The zero-order chi connectivity index (χ0) is 20.7. The predicted molar refractivity (Wildman–Crippen MR) is 114 cm³/mol. The molecule has 2 fully saturated rings. The Morgan fingerprint density at radius 1 is 1.13 bits per heavy atom. The van der Waals surface area contributed by atoms with Crippen molar-refractivity contribution in [3.05, 3.63) is 41.2 Å². The first-order valence-electron chi connectivity index (χ1n) is 10.4. The molecule has 0 N–H and O–H groups in total. The van der Waals surface area contributed by atoms with E-state index < -0.39 is 0 Å². The molecule has 30 heavy (non-hydrogen) atoms. The Morgan fingerprint density at radius 3 is 2.63 bits per heavy atom. The number of rotatable bonds is 5. The number of methoxy groups -OCH3 is 1. The molecule has 3 aromatic rings. The lowest BCUT2D eigenvalue weighted by atomic mass is 10.0. The minimum atomic E-state index is -0.0350. The largest absolute Gasteiger partial charge is 0.481 e. The van der Waals surface area contributed by atoms with Crippen LogP contribution < -0.4 is 20.1 Å². The molecule has 1 saturated carbocycles. The number of pyridine rings is 1. The summed E-state index contributed by atoms with van der Waals surface area (Å²) in [6.45, 7) is 1.67. The Morgan fingerprint density at radius 2 is 1.90 bits per heavy atom. The average molecular weight is 407 g/mol. The molecule has 1 saturated heterocycles. The molecule has 0 unspecified atom stereocenters. The molecule has 9 heteroatoms. The van der Waals surface area contributed by atoms with E-state index in [1.54, 1.807) is 43.5 Å². The maximum atomic E-state index is 12.7. The summed E-state index contributed by atoms with van der Waals surface area (Å²) in [6.07, 6.45) is 9.20. The van der Waals surface area contributed by atoms with Crippen molar-refractivity contribution in [3.63, 3.8) is 0 Å². The van der Waals surface area contributed by atoms with E-state index in [-0.39, 0.29) is 5.56 Å². The number of fused-ring (bicyclic) bond motifs is 1. The van der Waals surface area contributed by atoms with Gasteiger partial charge in [0.15, 0.2) is 0 Å². The van der Waals surface area contributed by atoms with Crippen molar-refractivity contribution >= 4 is 22.7 Å². The van der Waals surface area contributed by atoms with Crippen molar-refractivity contribution in [2.24, 2.45) is 7.05 Å². The lowest BCUT2D eigenvalue weighted by molar-refractivity contribution is 0.395. The second-order valence-electron chi connectivity index (χ2n) is 7.94. The van der Waals surface area contributed by atoms with Gasteiger partial charge < -0.3 is 14.5 Å². The molecule has 4 heterocycles. The Hall–Kier alpha value is -3.23. The monoisotopic (exact) mass is 407 g/mol. The summed E-state index contributed by atoms with van der Waals surface area (Å²) in [4.78, 5) is 34.9. The minimum absolute atomic E-state index is 0.0350. The van der Waals surface area contributed by atoms with Crippen LogP contribution in [0.4, 0.5) is 11.8 Å². The van der Waals surface area contributed by atoms with E-state index in [2.05, 4.69) is 24.8 Å². The minimum Gasteiger partial charge on any atom is -0.481 e. The number of hydrogen-bond acceptors (Lipinski definition) is 8. The molecule has 0 aromatic carbocycles. The third-order valence-electron chi connectivity index (χ3n) is 6.04. The first-order valence-corrected chi connectivity index (χ1v) is 10.4. The number of aromatic nitrogens is 5. The third-order valence-corrected chi connectivity index (χ3v) is 6.04. The van der Waals surface area contributed by atoms with Crippen LogP contribution in [-0.2, 0) is 7.05 Å². The molecule has 3 aromatic heterocycles. The van der Waals surface area contributed by atoms with E-state index >= 15 is 0 Å². The zero-order valence-corrected chi connectivity index (χ0v) is 17.2. The van der Waals surface area contributed by atoms with Gasteiger partial charge in [0.25, 0.3) is 5.56 Å². The van der Waals surface area contributed by atoms with Gasteiger partial charge in [0.05, 0.1) is 24.2 Å². The molecule has 0 radical (unpaired) electrons. The lowest BCUT2D eigenvalue weighted by Crippen LogP contribution is -2.47. The van der Waals surface area contributed by atoms with Gasteiger partial charge in [-0.2, -0.15) is 0 Å². The second kappa shape index (κ2) is 7.55. The fraction of sp³-hybridized carbons (Fsp3) is 0.476. The van der Waals surface area contributed by atoms with Crippen molar-refractivity contribution in [1.82, 2.24) is 24.5 Å². The number of nitrogens with zero attached hydrogens (tertiary/aromatic N) is 7. The summed E-state index contributed by atoms with van der Waals surface area (Å²) < 4.78 is 6.94. The van der Waals surface area contributed by atoms with Crippen LogP contribution in [0.25, 0.3) is 10.9 Å². The van der Waals surface area contributed by atoms with Crippen LogP contribution in [-0.4, -0.2) is 56.8 Å². The molecule has 9 nitrogen and oxygen atoms in total. The fourth-order valence-electron chi connectivity index (χ4n) is 4.34. The van der Waals surface area contributed by atoms with Crippen molar-refractivity contribution < 1.29 is 4.74 Å². The molecule has 0 bridgehead atoms. The molecule has 156 valence electrons. The molecular formula is C21H25N7O2. The summed E-state index contributed by atoms with van der Waals surface area (Å²) in [5.41, 5.74) is 0.609. The van der Waals surface area contributed by atoms with Gasteiger partial charge in [-0.05, 0) is 31.7 Å². The Balaban J connectivity index is 1.37. The molecule has 0 spiro atoms. The number of ether oxygens (including phenoxy) is 1. The van der Waals surface area contributed by atoms with Gasteiger partial charge in [0.2, 0.25) is 11.8 Å². The predicted octanol–water partition coefficient (Wildman–Crippen LogP) is 1.76. The fourth-order valence-corrected chi connectivity index (χ4v) is 4.34. The van der Waals surface area contributed by atoms with Crippen molar-refractivity contribution in [2.45, 2.75) is 37.8 Å². The van der Waals surface area contributed by atoms with Gasteiger partial charge in [0, 0.05) is 44.5 Å². The molecule has 0 atom stereocenters. The average Bonchev–Trinajstić information content (AvgIpc) is 3.62. The highest BCUT2D eigenvalue weighted by atomic mass is 16.5. The Labute approximate surface area is 174 Å². The van der Waals surface area contributed by atoms with E-state index in [0.29, 0.717) is 34.8 Å². The molecule has 1 aliphatic heterocycles. The van der Waals surface area contributed by atoms with Gasteiger partial charge >= 0.3 is 0 Å². The van der Waals surface area contributed by atoms with Gasteiger partial charge in [-0.25, -0.2) is 15.0 Å². The maximum Gasteiger partial charge on any atom is 0.262 e. The molecular weight excluding hydrogens is 382 g/mol. The Bertz CT molecular complexity index is 1120. The quantitative estimate of drug-likeness (QED) is 0.632. The van der Waals surface area contributed by atoms with Crippen LogP contribution in [0, 0.1) is 0 Å². The van der Waals surface area contributed by atoms with Gasteiger partial charge in [-0.15, -0.1) is 0 Å². The second-order valence-corrected chi connectivity index (χ2v) is 7.94. The van der Waals surface area contributed by atoms with E-state index in [1.165, 1.54) is 12.8 Å². The number of hydrogen-bond donors (Lipinski definition) is 0. The molecule has 1 aliphatic carbocycles. The van der Waals surface area contributed by atoms with Crippen LogP contribution in [0.2, 0.25) is 0 Å². The maximum absolute atomic E-state index is 12.7. The Kier molecular flexibility index (Phi) is 4.72. The zero-order valence-electron chi connectivity index (χ0n) is 17.2. The van der Waals surface area contributed by atoms with E-state index in [4.69, 9.17) is 9.72 Å². The van der Waals surface area contributed by atoms with E-state index in [1.807, 2.05) is 6.07 Å². The van der Waals surface area contributed by atoms with Crippen LogP contribution in [0.5, 0.6) is 5.88 Å². The van der Waals surface area contributed by atoms with Crippen molar-refractivity contribution in [1.29, 1.82) is 0 Å². The normalized spacial score (nSPS) is 17.3. The van der Waals surface area contributed by atoms with Crippen molar-refractivity contribution in [3.8, 4) is 5.88 Å². The van der Waals surface area contributed by atoms with Crippen LogP contribution in [0.1, 0.15) is 25.7 Å². The van der Waals surface area contributed by atoms with E-state index in [0.717, 1.165) is 31.7 Å². The molecule has 5 rings (SSSR count).